The molecule has 18 heavy (non-hydrogen) atoms. The summed E-state index contributed by atoms with van der Waals surface area (Å²) in [6.07, 6.45) is 3.08. The predicted molar refractivity (Wildman–Crippen MR) is 68.0 cm³/mol. The standard InChI is InChI=1S/C13H24N2O3/c1-9-2-4-10(5-3-9)14-13(18)8-15-6-11(16)12(17)7-15/h9-12,16-17H,2-8H2,1H3,(H,14,18). The minimum Gasteiger partial charge on any atom is -0.389 e. The molecule has 0 aromatic heterocycles. The van der Waals surface area contributed by atoms with Crippen LogP contribution in [0.25, 0.3) is 0 Å². The number of amides is 1. The molecule has 5 heteroatoms. The SMILES string of the molecule is CC1CCC(NC(=O)CN2CC(O)C(O)C2)CC1. The van der Waals surface area contributed by atoms with E-state index in [4.69, 9.17) is 0 Å². The van der Waals surface area contributed by atoms with Crippen molar-refractivity contribution in [1.82, 2.24) is 10.2 Å². The average Bonchev–Trinajstić information content (AvgIpc) is 2.61. The number of nitrogens with zero attached hydrogens (tertiary/aromatic N) is 1. The van der Waals surface area contributed by atoms with Crippen molar-refractivity contribution in [3.63, 3.8) is 0 Å². The molecule has 3 N–H and O–H groups in total. The van der Waals surface area contributed by atoms with Crippen molar-refractivity contribution in [2.45, 2.75) is 50.9 Å². The van der Waals surface area contributed by atoms with Gasteiger partial charge in [0.2, 0.25) is 5.91 Å². The van der Waals surface area contributed by atoms with Gasteiger partial charge < -0.3 is 15.5 Å². The van der Waals surface area contributed by atoms with E-state index in [1.165, 1.54) is 12.8 Å². The molecular weight excluding hydrogens is 232 g/mol. The monoisotopic (exact) mass is 256 g/mol. The number of carbonyl (C=O) groups excluding carboxylic acids is 1. The van der Waals surface area contributed by atoms with Gasteiger partial charge in [-0.3, -0.25) is 9.69 Å². The summed E-state index contributed by atoms with van der Waals surface area (Å²) in [7, 11) is 0. The Kier molecular flexibility index (Phi) is 4.59. The van der Waals surface area contributed by atoms with Crippen LogP contribution in [0.1, 0.15) is 32.6 Å². The van der Waals surface area contributed by atoms with Crippen LogP contribution in [0.3, 0.4) is 0 Å². The maximum atomic E-state index is 11.8. The lowest BCUT2D eigenvalue weighted by Crippen LogP contribution is -2.43. The number of β-amino-alcohol motifs (C(OH)–C–C–N with tert-alkyl or cyclic N) is 2. The number of carbonyl (C=O) groups is 1. The van der Waals surface area contributed by atoms with Crippen LogP contribution in [-0.2, 0) is 4.79 Å². The highest BCUT2D eigenvalue weighted by Crippen LogP contribution is 2.23. The topological polar surface area (TPSA) is 72.8 Å². The third-order valence-electron chi connectivity index (χ3n) is 4.08. The van der Waals surface area contributed by atoms with E-state index >= 15 is 0 Å². The molecule has 2 atom stereocenters. The highest BCUT2D eigenvalue weighted by molar-refractivity contribution is 5.78. The Labute approximate surface area is 108 Å². The fourth-order valence-electron chi connectivity index (χ4n) is 2.86. The molecule has 0 spiro atoms. The van der Waals surface area contributed by atoms with Crippen LogP contribution < -0.4 is 5.32 Å². The van der Waals surface area contributed by atoms with Gasteiger partial charge in [0.1, 0.15) is 0 Å². The number of aliphatic hydroxyl groups is 2. The lowest BCUT2D eigenvalue weighted by molar-refractivity contribution is -0.123. The molecule has 5 nitrogen and oxygen atoms in total. The van der Waals surface area contributed by atoms with Crippen LogP contribution in [0.4, 0.5) is 0 Å². The van der Waals surface area contributed by atoms with Gasteiger partial charge in [-0.1, -0.05) is 6.92 Å². The predicted octanol–water partition coefficient (Wildman–Crippen LogP) is -0.281. The van der Waals surface area contributed by atoms with Crippen LogP contribution in [0.5, 0.6) is 0 Å². The summed E-state index contributed by atoms with van der Waals surface area (Å²) in [6.45, 7) is 3.30. The molecule has 0 bridgehead atoms. The molecule has 0 radical (unpaired) electrons. The maximum absolute atomic E-state index is 11.8. The Bertz CT molecular complexity index is 280. The largest absolute Gasteiger partial charge is 0.389 e. The molecule has 104 valence electrons. The molecule has 1 saturated carbocycles. The van der Waals surface area contributed by atoms with E-state index in [0.29, 0.717) is 19.1 Å². The summed E-state index contributed by atoms with van der Waals surface area (Å²) in [5.41, 5.74) is 0. The summed E-state index contributed by atoms with van der Waals surface area (Å²) in [5, 5.41) is 21.9. The lowest BCUT2D eigenvalue weighted by atomic mass is 9.87. The highest BCUT2D eigenvalue weighted by Gasteiger charge is 2.30. The molecule has 0 aromatic rings. The molecule has 1 aliphatic heterocycles. The third kappa shape index (κ3) is 3.67. The molecule has 2 fully saturated rings. The van der Waals surface area contributed by atoms with Gasteiger partial charge in [0, 0.05) is 19.1 Å². The van der Waals surface area contributed by atoms with Gasteiger partial charge in [-0.25, -0.2) is 0 Å². The Hall–Kier alpha value is -0.650. The van der Waals surface area contributed by atoms with Crippen LogP contribution >= 0.6 is 0 Å². The van der Waals surface area contributed by atoms with Crippen molar-refractivity contribution in [2.24, 2.45) is 5.92 Å². The molecular formula is C13H24N2O3. The van der Waals surface area contributed by atoms with E-state index in [1.54, 1.807) is 4.90 Å². The molecule has 1 amide bonds. The summed E-state index contributed by atoms with van der Waals surface area (Å²) in [4.78, 5) is 13.6. The van der Waals surface area contributed by atoms with Crippen LogP contribution in [0.15, 0.2) is 0 Å². The summed E-state index contributed by atoms with van der Waals surface area (Å²) >= 11 is 0. The molecule has 0 aromatic carbocycles. The number of nitrogens with one attached hydrogen (secondary N) is 1. The van der Waals surface area contributed by atoms with Gasteiger partial charge in [-0.15, -0.1) is 0 Å². The highest BCUT2D eigenvalue weighted by atomic mass is 16.3. The van der Waals surface area contributed by atoms with Gasteiger partial charge in [0.05, 0.1) is 18.8 Å². The Balaban J connectivity index is 1.69. The fourth-order valence-corrected chi connectivity index (χ4v) is 2.86. The second kappa shape index (κ2) is 5.99. The number of hydrogen-bond donors (Lipinski definition) is 3. The molecule has 1 saturated heterocycles. The van der Waals surface area contributed by atoms with E-state index in [-0.39, 0.29) is 12.5 Å². The zero-order valence-electron chi connectivity index (χ0n) is 11.0. The first-order valence-electron chi connectivity index (χ1n) is 6.92. The van der Waals surface area contributed by atoms with Crippen molar-refractivity contribution in [2.75, 3.05) is 19.6 Å². The lowest BCUT2D eigenvalue weighted by Gasteiger charge is -2.27. The number of rotatable bonds is 3. The molecule has 1 aliphatic carbocycles. The molecule has 2 rings (SSSR count). The first-order valence-corrected chi connectivity index (χ1v) is 6.92. The Morgan fingerprint density at radius 3 is 2.28 bits per heavy atom. The Morgan fingerprint density at radius 2 is 1.72 bits per heavy atom. The second-order valence-electron chi connectivity index (χ2n) is 5.85. The first kappa shape index (κ1) is 13.8. The number of hydrogen-bond acceptors (Lipinski definition) is 4. The summed E-state index contributed by atoms with van der Waals surface area (Å²) < 4.78 is 0. The second-order valence-corrected chi connectivity index (χ2v) is 5.85. The van der Waals surface area contributed by atoms with Gasteiger partial charge in [-0.05, 0) is 31.6 Å². The Morgan fingerprint density at radius 1 is 1.17 bits per heavy atom. The van der Waals surface area contributed by atoms with Gasteiger partial charge in [-0.2, -0.15) is 0 Å². The summed E-state index contributed by atoms with van der Waals surface area (Å²) in [6, 6.07) is 0.311. The first-order chi connectivity index (χ1) is 8.54. The maximum Gasteiger partial charge on any atom is 0.234 e. The van der Waals surface area contributed by atoms with Crippen molar-refractivity contribution >= 4 is 5.91 Å². The third-order valence-corrected chi connectivity index (χ3v) is 4.08. The zero-order chi connectivity index (χ0) is 13.1. The van der Waals surface area contributed by atoms with E-state index in [9.17, 15) is 15.0 Å². The quantitative estimate of drug-likeness (QED) is 0.649. The summed E-state index contributed by atoms with van der Waals surface area (Å²) in [5.74, 6) is 0.790. The zero-order valence-corrected chi connectivity index (χ0v) is 11.0. The fraction of sp³-hybridized carbons (Fsp3) is 0.923. The van der Waals surface area contributed by atoms with E-state index in [0.717, 1.165) is 18.8 Å². The molecule has 2 aliphatic rings. The smallest absolute Gasteiger partial charge is 0.234 e. The van der Waals surface area contributed by atoms with Gasteiger partial charge in [0.25, 0.3) is 0 Å². The average molecular weight is 256 g/mol. The van der Waals surface area contributed by atoms with Crippen molar-refractivity contribution in [3.05, 3.63) is 0 Å². The van der Waals surface area contributed by atoms with Crippen LogP contribution in [0.2, 0.25) is 0 Å². The number of likely N-dealkylation sites (tertiary alicyclic amines) is 1. The molecule has 1 heterocycles. The van der Waals surface area contributed by atoms with Crippen LogP contribution in [0, 0.1) is 5.92 Å². The van der Waals surface area contributed by atoms with E-state index in [2.05, 4.69) is 12.2 Å². The van der Waals surface area contributed by atoms with Crippen molar-refractivity contribution < 1.29 is 15.0 Å². The van der Waals surface area contributed by atoms with Gasteiger partial charge in [0.15, 0.2) is 0 Å². The number of aliphatic hydroxyl groups excluding tert-OH is 2. The van der Waals surface area contributed by atoms with Crippen molar-refractivity contribution in [3.8, 4) is 0 Å². The minimum absolute atomic E-state index is 0.0100. The minimum atomic E-state index is -0.715. The molecule has 2 unspecified atom stereocenters. The van der Waals surface area contributed by atoms with E-state index in [1.807, 2.05) is 0 Å². The van der Waals surface area contributed by atoms with Crippen molar-refractivity contribution in [1.29, 1.82) is 0 Å². The van der Waals surface area contributed by atoms with Crippen LogP contribution in [-0.4, -0.2) is 58.9 Å². The van der Waals surface area contributed by atoms with Gasteiger partial charge >= 0.3 is 0 Å². The van der Waals surface area contributed by atoms with E-state index < -0.39 is 12.2 Å². The normalized spacial score (nSPS) is 37.7.